The van der Waals surface area contributed by atoms with Gasteiger partial charge in [0.25, 0.3) is 0 Å². The molecule has 3 rings (SSSR count). The molecule has 1 unspecified atom stereocenters. The molecule has 2 aromatic rings. The van der Waals surface area contributed by atoms with Gasteiger partial charge in [0, 0.05) is 11.6 Å². The summed E-state index contributed by atoms with van der Waals surface area (Å²) >= 11 is 0. The third-order valence-electron chi connectivity index (χ3n) is 5.14. The molecule has 1 saturated heterocycles. The molecule has 32 heavy (non-hydrogen) atoms. The normalized spacial score (nSPS) is 25.6. The predicted molar refractivity (Wildman–Crippen MR) is 112 cm³/mol. The molecule has 10 nitrogen and oxygen atoms in total. The van der Waals surface area contributed by atoms with E-state index in [2.05, 4.69) is 4.98 Å². The van der Waals surface area contributed by atoms with Crippen molar-refractivity contribution in [3.8, 4) is 5.75 Å². The van der Waals surface area contributed by atoms with E-state index in [4.69, 9.17) is 24.1 Å². The Kier molecular flexibility index (Phi) is 9.15. The van der Waals surface area contributed by atoms with E-state index < -0.39 is 49.9 Å². The lowest BCUT2D eigenvalue weighted by Crippen LogP contribution is -2.59. The summed E-state index contributed by atoms with van der Waals surface area (Å²) in [6.45, 7) is -0.379. The van der Waals surface area contributed by atoms with Crippen molar-refractivity contribution in [1.82, 2.24) is 4.98 Å². The lowest BCUT2D eigenvalue weighted by Gasteiger charge is -2.39. The fourth-order valence-corrected chi connectivity index (χ4v) is 3.41. The second-order valence-corrected chi connectivity index (χ2v) is 7.47. The van der Waals surface area contributed by atoms with Crippen LogP contribution in [0.2, 0.25) is 0 Å². The van der Waals surface area contributed by atoms with Gasteiger partial charge in [-0.05, 0) is 31.4 Å². The number of hydrogen-bond donors (Lipinski definition) is 4. The molecular formula is C22H29NO9. The van der Waals surface area contributed by atoms with Crippen LogP contribution < -0.4 is 4.74 Å². The number of aromatic nitrogens is 1. The average molecular weight is 451 g/mol. The fourth-order valence-electron chi connectivity index (χ4n) is 3.41. The zero-order valence-electron chi connectivity index (χ0n) is 17.6. The number of pyridine rings is 1. The first-order valence-corrected chi connectivity index (χ1v) is 10.6. The van der Waals surface area contributed by atoms with E-state index in [-0.39, 0.29) is 6.61 Å². The summed E-state index contributed by atoms with van der Waals surface area (Å²) in [5.74, 6) is 0.0710. The van der Waals surface area contributed by atoms with Crippen LogP contribution in [0.3, 0.4) is 0 Å². The van der Waals surface area contributed by atoms with Crippen LogP contribution in [0.5, 0.6) is 5.75 Å². The highest BCUT2D eigenvalue weighted by Crippen LogP contribution is 2.23. The minimum Gasteiger partial charge on any atom is -0.491 e. The third kappa shape index (κ3) is 6.35. The Morgan fingerprint density at radius 2 is 1.81 bits per heavy atom. The number of nitrogens with zero attached hydrogens (tertiary/aromatic N) is 1. The number of fused-ring (bicyclic) bond motifs is 1. The summed E-state index contributed by atoms with van der Waals surface area (Å²) < 4.78 is 21.0. The minimum atomic E-state index is -1.64. The van der Waals surface area contributed by atoms with Crippen LogP contribution in [0.25, 0.3) is 10.9 Å². The van der Waals surface area contributed by atoms with Crippen LogP contribution in [-0.2, 0) is 19.0 Å². The molecule has 0 amide bonds. The zero-order chi connectivity index (χ0) is 22.9. The van der Waals surface area contributed by atoms with Crippen molar-refractivity contribution >= 4 is 16.9 Å². The van der Waals surface area contributed by atoms with Gasteiger partial charge in [-0.3, -0.25) is 4.98 Å². The Morgan fingerprint density at radius 1 is 1.03 bits per heavy atom. The number of carbonyl (C=O) groups is 1. The van der Waals surface area contributed by atoms with Crippen molar-refractivity contribution in [2.24, 2.45) is 0 Å². The molecule has 0 saturated carbocycles. The summed E-state index contributed by atoms with van der Waals surface area (Å²) in [6.07, 6.45) is -3.08. The molecule has 0 radical (unpaired) electrons. The van der Waals surface area contributed by atoms with Crippen LogP contribution in [0.1, 0.15) is 19.3 Å². The van der Waals surface area contributed by atoms with Crippen LogP contribution in [0.15, 0.2) is 36.5 Å². The molecule has 1 aromatic carbocycles. The zero-order valence-corrected chi connectivity index (χ0v) is 17.6. The van der Waals surface area contributed by atoms with Crippen LogP contribution in [0, 0.1) is 0 Å². The van der Waals surface area contributed by atoms with Gasteiger partial charge < -0.3 is 39.4 Å². The largest absolute Gasteiger partial charge is 0.491 e. The maximum Gasteiger partial charge on any atom is 0.332 e. The van der Waals surface area contributed by atoms with Gasteiger partial charge in [0.2, 0.25) is 0 Å². The maximum absolute atomic E-state index is 11.8. The first kappa shape index (κ1) is 24.3. The van der Waals surface area contributed by atoms with Gasteiger partial charge in [0.05, 0.1) is 19.8 Å². The Hall–Kier alpha value is -2.34. The van der Waals surface area contributed by atoms with E-state index in [1.165, 1.54) is 0 Å². The van der Waals surface area contributed by atoms with Gasteiger partial charge in [0.1, 0.15) is 42.3 Å². The van der Waals surface area contributed by atoms with E-state index in [9.17, 15) is 20.1 Å². The molecule has 1 aromatic heterocycles. The van der Waals surface area contributed by atoms with Gasteiger partial charge in [-0.25, -0.2) is 4.79 Å². The maximum atomic E-state index is 11.8. The van der Waals surface area contributed by atoms with Crippen LogP contribution >= 0.6 is 0 Å². The number of carbonyl (C=O) groups excluding carboxylic acids is 1. The van der Waals surface area contributed by atoms with E-state index in [1.54, 1.807) is 6.20 Å². The molecule has 0 spiro atoms. The molecule has 5 atom stereocenters. The highest BCUT2D eigenvalue weighted by atomic mass is 16.6. The summed E-state index contributed by atoms with van der Waals surface area (Å²) in [6, 6.07) is 9.63. The molecule has 2 heterocycles. The first-order chi connectivity index (χ1) is 15.5. The van der Waals surface area contributed by atoms with Crippen molar-refractivity contribution in [2.75, 3.05) is 26.4 Å². The number of hydrogen-bond acceptors (Lipinski definition) is 10. The minimum absolute atomic E-state index is 0.193. The lowest BCUT2D eigenvalue weighted by atomic mass is 9.99. The summed E-state index contributed by atoms with van der Waals surface area (Å²) in [7, 11) is 0. The van der Waals surface area contributed by atoms with Gasteiger partial charge in [-0.15, -0.1) is 0 Å². The van der Waals surface area contributed by atoms with Gasteiger partial charge in [-0.1, -0.05) is 18.2 Å². The molecule has 10 heteroatoms. The Morgan fingerprint density at radius 3 is 2.62 bits per heavy atom. The molecule has 1 aliphatic rings. The molecular weight excluding hydrogens is 422 g/mol. The molecule has 0 bridgehead atoms. The number of rotatable bonds is 11. The molecule has 0 aliphatic carbocycles. The molecule has 4 N–H and O–H groups in total. The standard InChI is InChI=1S/C22H29NO9/c24-12-16-19(26)21(20(27)22(28)32-16)31-13-17(25)30-11-3-1-2-10-29-15-8-4-6-14-7-5-9-23-18(14)15/h4-9,16,19-22,24,26-28H,1-3,10-13H2/t16-,19-,20-,21+,22?/m1/s1. The van der Waals surface area contributed by atoms with Crippen molar-refractivity contribution in [3.05, 3.63) is 36.5 Å². The lowest BCUT2D eigenvalue weighted by molar-refractivity contribution is -0.294. The van der Waals surface area contributed by atoms with E-state index >= 15 is 0 Å². The van der Waals surface area contributed by atoms with Gasteiger partial charge in [0.15, 0.2) is 6.29 Å². The number of ether oxygens (including phenoxy) is 4. The Bertz CT molecular complexity index is 859. The van der Waals surface area contributed by atoms with E-state index in [0.29, 0.717) is 13.0 Å². The topological polar surface area (TPSA) is 148 Å². The highest BCUT2D eigenvalue weighted by molar-refractivity contribution is 5.84. The van der Waals surface area contributed by atoms with Crippen LogP contribution in [0.4, 0.5) is 0 Å². The smallest absolute Gasteiger partial charge is 0.332 e. The molecule has 1 fully saturated rings. The van der Waals surface area contributed by atoms with Gasteiger partial charge in [-0.2, -0.15) is 0 Å². The van der Waals surface area contributed by atoms with Crippen molar-refractivity contribution in [3.63, 3.8) is 0 Å². The monoisotopic (exact) mass is 451 g/mol. The number of esters is 1. The number of para-hydroxylation sites is 1. The highest BCUT2D eigenvalue weighted by Gasteiger charge is 2.44. The van der Waals surface area contributed by atoms with Crippen LogP contribution in [-0.4, -0.2) is 88.5 Å². The van der Waals surface area contributed by atoms with Crippen molar-refractivity contribution in [2.45, 2.75) is 50.0 Å². The average Bonchev–Trinajstić information content (AvgIpc) is 2.80. The third-order valence-corrected chi connectivity index (χ3v) is 5.14. The molecule has 1 aliphatic heterocycles. The first-order valence-electron chi connectivity index (χ1n) is 10.6. The second kappa shape index (κ2) is 12.0. The summed E-state index contributed by atoms with van der Waals surface area (Å²) in [5.41, 5.74) is 0.821. The van der Waals surface area contributed by atoms with Crippen molar-refractivity contribution in [1.29, 1.82) is 0 Å². The Labute approximate surface area is 185 Å². The predicted octanol–water partition coefficient (Wildman–Crippen LogP) is 0.144. The number of benzene rings is 1. The van der Waals surface area contributed by atoms with Gasteiger partial charge >= 0.3 is 5.97 Å². The summed E-state index contributed by atoms with van der Waals surface area (Å²) in [4.78, 5) is 16.2. The SMILES string of the molecule is O=C(CO[C@H]1[C@H](O)[C@@H](CO)OC(O)[C@@H]1O)OCCCCCOc1cccc2cccnc12. The van der Waals surface area contributed by atoms with Crippen molar-refractivity contribution < 1.29 is 44.2 Å². The number of aliphatic hydroxyl groups excluding tert-OH is 4. The second-order valence-electron chi connectivity index (χ2n) is 7.47. The fraction of sp³-hybridized carbons (Fsp3) is 0.545. The number of aliphatic hydroxyl groups is 4. The Balaban J connectivity index is 1.29. The van der Waals surface area contributed by atoms with E-state index in [0.717, 1.165) is 29.5 Å². The molecule has 176 valence electrons. The van der Waals surface area contributed by atoms with E-state index in [1.807, 2.05) is 30.3 Å². The number of unbranched alkanes of at least 4 members (excludes halogenated alkanes) is 2. The quantitative estimate of drug-likeness (QED) is 0.275. The summed E-state index contributed by atoms with van der Waals surface area (Å²) in [5, 5.41) is 39.6.